The van der Waals surface area contributed by atoms with Crippen molar-refractivity contribution in [1.82, 2.24) is 15.1 Å². The van der Waals surface area contributed by atoms with Gasteiger partial charge in [-0.2, -0.15) is 5.10 Å². The van der Waals surface area contributed by atoms with Crippen LogP contribution in [0.25, 0.3) is 10.6 Å². The van der Waals surface area contributed by atoms with Crippen molar-refractivity contribution in [2.45, 2.75) is 18.9 Å². The van der Waals surface area contributed by atoms with Crippen LogP contribution < -0.4 is 5.32 Å². The Bertz CT molecular complexity index is 670. The van der Waals surface area contributed by atoms with Gasteiger partial charge >= 0.3 is 5.97 Å². The number of hydrogen-bond acceptors (Lipinski definition) is 4. The summed E-state index contributed by atoms with van der Waals surface area (Å²) in [5, 5.41) is 17.0. The molecule has 2 N–H and O–H groups in total. The van der Waals surface area contributed by atoms with Crippen LogP contribution in [0.15, 0.2) is 23.7 Å². The molecule has 0 bridgehead atoms. The molecule has 9 heteroatoms. The Morgan fingerprint density at radius 1 is 1.50 bits per heavy atom. The fraction of sp³-hybridized carbons (Fsp3) is 0.308. The third-order valence-corrected chi connectivity index (χ3v) is 3.72. The van der Waals surface area contributed by atoms with Crippen molar-refractivity contribution < 1.29 is 23.5 Å². The second kappa shape index (κ2) is 6.65. The molecule has 0 saturated carbocycles. The molecule has 0 aromatic carbocycles. The zero-order valence-corrected chi connectivity index (χ0v) is 12.3. The van der Waals surface area contributed by atoms with E-state index in [4.69, 9.17) is 5.11 Å². The summed E-state index contributed by atoms with van der Waals surface area (Å²) in [6.07, 6.45) is -2.35. The number of aromatic nitrogens is 2. The van der Waals surface area contributed by atoms with Crippen LogP contribution >= 0.6 is 11.3 Å². The molecule has 22 heavy (non-hydrogen) atoms. The Kier molecular flexibility index (Phi) is 4.86. The van der Waals surface area contributed by atoms with Crippen LogP contribution in [0, 0.1) is 0 Å². The van der Waals surface area contributed by atoms with Crippen molar-refractivity contribution in [3.63, 3.8) is 0 Å². The number of thiophene rings is 1. The van der Waals surface area contributed by atoms with E-state index in [1.54, 1.807) is 19.2 Å². The highest BCUT2D eigenvalue weighted by Gasteiger charge is 2.27. The van der Waals surface area contributed by atoms with E-state index < -0.39 is 30.8 Å². The van der Waals surface area contributed by atoms with Crippen molar-refractivity contribution >= 4 is 23.2 Å². The molecule has 0 aliphatic heterocycles. The predicted molar refractivity (Wildman–Crippen MR) is 76.0 cm³/mol. The Labute approximate surface area is 128 Å². The molecule has 0 aliphatic carbocycles. The second-order valence-corrected chi connectivity index (χ2v) is 5.48. The van der Waals surface area contributed by atoms with E-state index in [2.05, 4.69) is 10.4 Å². The van der Waals surface area contributed by atoms with E-state index in [9.17, 15) is 18.4 Å². The molecule has 0 radical (unpaired) electrons. The number of nitrogens with zero attached hydrogens (tertiary/aromatic N) is 2. The SMILES string of the molecule is Cn1cc(C(=O)NC(CC(F)F)C(=O)O)c(-c2cccs2)n1. The molecule has 2 heterocycles. The monoisotopic (exact) mass is 329 g/mol. The zero-order valence-electron chi connectivity index (χ0n) is 11.5. The van der Waals surface area contributed by atoms with Crippen LogP contribution in [-0.4, -0.2) is 39.2 Å². The minimum absolute atomic E-state index is 0.144. The van der Waals surface area contributed by atoms with E-state index in [0.29, 0.717) is 5.69 Å². The van der Waals surface area contributed by atoms with Gasteiger partial charge < -0.3 is 10.4 Å². The lowest BCUT2D eigenvalue weighted by Crippen LogP contribution is -2.42. The summed E-state index contributed by atoms with van der Waals surface area (Å²) in [4.78, 5) is 23.9. The van der Waals surface area contributed by atoms with Crippen molar-refractivity contribution in [3.8, 4) is 10.6 Å². The Balaban J connectivity index is 2.24. The Morgan fingerprint density at radius 2 is 2.23 bits per heavy atom. The summed E-state index contributed by atoms with van der Waals surface area (Å²) >= 11 is 1.36. The number of carbonyl (C=O) groups excluding carboxylic acids is 1. The maximum absolute atomic E-state index is 12.4. The number of carboxylic acid groups (broad SMARTS) is 1. The summed E-state index contributed by atoms with van der Waals surface area (Å²) in [5.74, 6) is -2.25. The standard InChI is InChI=1S/C13H13F2N3O3S/c1-18-6-7(11(17-18)9-3-2-4-22-9)12(19)16-8(13(20)21)5-10(14)15/h2-4,6,8,10H,5H2,1H3,(H,16,19)(H,20,21). The average Bonchev–Trinajstić information content (AvgIpc) is 3.05. The number of rotatable bonds is 6. The largest absolute Gasteiger partial charge is 0.480 e. The number of carbonyl (C=O) groups is 2. The first-order chi connectivity index (χ1) is 10.4. The number of carboxylic acids is 1. The number of alkyl halides is 2. The molecule has 6 nitrogen and oxygen atoms in total. The number of amides is 1. The molecule has 2 aromatic heterocycles. The van der Waals surface area contributed by atoms with Gasteiger partial charge in [0, 0.05) is 19.7 Å². The number of hydrogen-bond donors (Lipinski definition) is 2. The second-order valence-electron chi connectivity index (χ2n) is 4.53. The number of nitrogens with one attached hydrogen (secondary N) is 1. The first-order valence-electron chi connectivity index (χ1n) is 6.28. The summed E-state index contributed by atoms with van der Waals surface area (Å²) in [7, 11) is 1.61. The maximum atomic E-state index is 12.4. The predicted octanol–water partition coefficient (Wildman–Crippen LogP) is 1.99. The number of aryl methyl sites for hydroxylation is 1. The zero-order chi connectivity index (χ0) is 16.3. The molecule has 118 valence electrons. The van der Waals surface area contributed by atoms with Gasteiger partial charge in [0.25, 0.3) is 5.91 Å². The minimum Gasteiger partial charge on any atom is -0.480 e. The van der Waals surface area contributed by atoms with Gasteiger partial charge in [0.1, 0.15) is 11.7 Å². The van der Waals surface area contributed by atoms with E-state index in [1.807, 2.05) is 5.38 Å². The fourth-order valence-electron chi connectivity index (χ4n) is 1.89. The van der Waals surface area contributed by atoms with Gasteiger partial charge in [-0.3, -0.25) is 9.48 Å². The molecular formula is C13H13F2N3O3S. The molecule has 1 atom stereocenters. The van der Waals surface area contributed by atoms with E-state index in [1.165, 1.54) is 22.2 Å². The van der Waals surface area contributed by atoms with Gasteiger partial charge in [0.15, 0.2) is 0 Å². The van der Waals surface area contributed by atoms with E-state index in [0.717, 1.165) is 4.88 Å². The van der Waals surface area contributed by atoms with Gasteiger partial charge in [-0.15, -0.1) is 11.3 Å². The highest BCUT2D eigenvalue weighted by molar-refractivity contribution is 7.13. The molecule has 2 aromatic rings. The van der Waals surface area contributed by atoms with Crippen LogP contribution in [0.2, 0.25) is 0 Å². The lowest BCUT2D eigenvalue weighted by Gasteiger charge is -2.13. The van der Waals surface area contributed by atoms with Gasteiger partial charge in [-0.25, -0.2) is 13.6 Å². The van der Waals surface area contributed by atoms with Gasteiger partial charge in [0.05, 0.1) is 10.4 Å². The van der Waals surface area contributed by atoms with Gasteiger partial charge in [-0.05, 0) is 11.4 Å². The molecule has 0 saturated heterocycles. The molecule has 0 aliphatic rings. The lowest BCUT2D eigenvalue weighted by molar-refractivity contribution is -0.140. The Morgan fingerprint density at radius 3 is 2.77 bits per heavy atom. The van der Waals surface area contributed by atoms with Gasteiger partial charge in [-0.1, -0.05) is 6.07 Å². The maximum Gasteiger partial charge on any atom is 0.326 e. The minimum atomic E-state index is -2.83. The molecule has 2 rings (SSSR count). The molecule has 0 fully saturated rings. The van der Waals surface area contributed by atoms with Gasteiger partial charge in [0.2, 0.25) is 6.43 Å². The quantitative estimate of drug-likeness (QED) is 0.849. The summed E-state index contributed by atoms with van der Waals surface area (Å²) in [6.45, 7) is 0. The normalized spacial score (nSPS) is 12.4. The molecular weight excluding hydrogens is 316 g/mol. The smallest absolute Gasteiger partial charge is 0.326 e. The highest BCUT2D eigenvalue weighted by atomic mass is 32.1. The topological polar surface area (TPSA) is 84.2 Å². The van der Waals surface area contributed by atoms with Crippen molar-refractivity contribution in [2.75, 3.05) is 0 Å². The summed E-state index contributed by atoms with van der Waals surface area (Å²) < 4.78 is 26.2. The number of halogens is 2. The molecule has 1 amide bonds. The van der Waals surface area contributed by atoms with Crippen LogP contribution in [0.3, 0.4) is 0 Å². The van der Waals surface area contributed by atoms with Crippen molar-refractivity contribution in [3.05, 3.63) is 29.3 Å². The lowest BCUT2D eigenvalue weighted by atomic mass is 10.1. The highest BCUT2D eigenvalue weighted by Crippen LogP contribution is 2.26. The van der Waals surface area contributed by atoms with Crippen molar-refractivity contribution in [1.29, 1.82) is 0 Å². The summed E-state index contributed by atoms with van der Waals surface area (Å²) in [5.41, 5.74) is 0.529. The first-order valence-corrected chi connectivity index (χ1v) is 7.15. The fourth-order valence-corrected chi connectivity index (χ4v) is 2.61. The van der Waals surface area contributed by atoms with Crippen LogP contribution in [0.5, 0.6) is 0 Å². The number of aliphatic carboxylic acids is 1. The van der Waals surface area contributed by atoms with E-state index in [-0.39, 0.29) is 5.56 Å². The first kappa shape index (κ1) is 16.1. The molecule has 1 unspecified atom stereocenters. The molecule has 0 spiro atoms. The van der Waals surface area contributed by atoms with Crippen LogP contribution in [-0.2, 0) is 11.8 Å². The summed E-state index contributed by atoms with van der Waals surface area (Å²) in [6, 6.07) is 1.90. The third kappa shape index (κ3) is 3.67. The van der Waals surface area contributed by atoms with Crippen LogP contribution in [0.1, 0.15) is 16.8 Å². The average molecular weight is 329 g/mol. The third-order valence-electron chi connectivity index (χ3n) is 2.85. The van der Waals surface area contributed by atoms with Crippen LogP contribution in [0.4, 0.5) is 8.78 Å². The Hall–Kier alpha value is -2.29. The van der Waals surface area contributed by atoms with Crippen molar-refractivity contribution in [2.24, 2.45) is 7.05 Å². The van der Waals surface area contributed by atoms with E-state index >= 15 is 0 Å².